The number of amides is 1. The van der Waals surface area contributed by atoms with Crippen molar-refractivity contribution in [1.29, 1.82) is 0 Å². The van der Waals surface area contributed by atoms with E-state index in [4.69, 9.17) is 4.74 Å². The van der Waals surface area contributed by atoms with Crippen LogP contribution in [0.1, 0.15) is 0 Å². The fourth-order valence-corrected chi connectivity index (χ4v) is 1.06. The smallest absolute Gasteiger partial charge is 0.295 e. The van der Waals surface area contributed by atoms with Crippen molar-refractivity contribution in [1.82, 2.24) is 5.32 Å². The van der Waals surface area contributed by atoms with Crippen LogP contribution in [0.2, 0.25) is 0 Å². The van der Waals surface area contributed by atoms with Gasteiger partial charge in [0.05, 0.1) is 0 Å². The number of nitrogens with one attached hydrogen (secondary N) is 1. The summed E-state index contributed by atoms with van der Waals surface area (Å²) in [6, 6.07) is 0. The number of hydrogen-bond donors (Lipinski definition) is 1. The Hall–Kier alpha value is -0.550. The molecule has 0 aromatic rings. The van der Waals surface area contributed by atoms with Gasteiger partial charge in [0.15, 0.2) is 0 Å². The minimum Gasteiger partial charge on any atom is -0.425 e. The van der Waals surface area contributed by atoms with Crippen molar-refractivity contribution < 1.29 is 9.53 Å². The van der Waals surface area contributed by atoms with E-state index < -0.39 is 0 Å². The molecule has 5 heteroatoms. The van der Waals surface area contributed by atoms with Crippen molar-refractivity contribution in [3.05, 3.63) is 11.2 Å². The Morgan fingerprint density at radius 3 is 2.90 bits per heavy atom. The number of carbonyl (C=O) groups excluding carboxylic acids is 1. The summed E-state index contributed by atoms with van der Waals surface area (Å²) < 4.78 is 4.83. The first-order valence-corrected chi connectivity index (χ1v) is 4.20. The maximum absolute atomic E-state index is 10.8. The van der Waals surface area contributed by atoms with Crippen LogP contribution in [0.25, 0.3) is 0 Å². The van der Waals surface area contributed by atoms with Crippen molar-refractivity contribution in [3.8, 4) is 0 Å². The van der Waals surface area contributed by atoms with E-state index in [0.717, 1.165) is 0 Å². The molecule has 0 spiro atoms. The standard InChI is InChI=1S/C5H5NO2S2/c1-10-2-3-4(7)6-5(9)8-3/h2H,1H3,(H,6,7,9)/b3-2-. The van der Waals surface area contributed by atoms with E-state index in [2.05, 4.69) is 17.5 Å². The molecule has 0 unspecified atom stereocenters. The molecular formula is C5H5NO2S2. The zero-order chi connectivity index (χ0) is 7.56. The molecule has 54 valence electrons. The molecule has 1 N–H and O–H groups in total. The third kappa shape index (κ3) is 1.48. The summed E-state index contributed by atoms with van der Waals surface area (Å²) in [5, 5.41) is 4.08. The van der Waals surface area contributed by atoms with Crippen LogP contribution < -0.4 is 5.32 Å². The molecule has 10 heavy (non-hydrogen) atoms. The third-order valence-electron chi connectivity index (χ3n) is 0.867. The third-order valence-corrected chi connectivity index (χ3v) is 1.50. The first kappa shape index (κ1) is 7.56. The highest BCUT2D eigenvalue weighted by Crippen LogP contribution is 2.10. The molecule has 0 radical (unpaired) electrons. The second-order valence-electron chi connectivity index (χ2n) is 1.56. The van der Waals surface area contributed by atoms with Crippen LogP contribution in [0, 0.1) is 0 Å². The quantitative estimate of drug-likeness (QED) is 0.468. The average Bonchev–Trinajstić information content (AvgIpc) is 2.13. The lowest BCUT2D eigenvalue weighted by atomic mass is 10.5. The molecule has 3 nitrogen and oxygen atoms in total. The van der Waals surface area contributed by atoms with Crippen LogP contribution in [0.3, 0.4) is 0 Å². The molecule has 1 fully saturated rings. The molecule has 1 saturated heterocycles. The Bertz CT molecular complexity index is 212. The van der Waals surface area contributed by atoms with E-state index >= 15 is 0 Å². The van der Waals surface area contributed by atoms with Gasteiger partial charge >= 0.3 is 0 Å². The number of ether oxygens (including phenoxy) is 1. The van der Waals surface area contributed by atoms with E-state index in [1.165, 1.54) is 11.8 Å². The lowest BCUT2D eigenvalue weighted by Crippen LogP contribution is -2.18. The van der Waals surface area contributed by atoms with Gasteiger partial charge in [-0.25, -0.2) is 0 Å². The van der Waals surface area contributed by atoms with E-state index in [0.29, 0.717) is 0 Å². The predicted molar refractivity (Wildman–Crippen MR) is 43.4 cm³/mol. The molecule has 0 aromatic carbocycles. The molecule has 1 heterocycles. The van der Waals surface area contributed by atoms with Gasteiger partial charge in [-0.15, -0.1) is 11.8 Å². The first-order valence-electron chi connectivity index (χ1n) is 2.50. The zero-order valence-corrected chi connectivity index (χ0v) is 6.84. The van der Waals surface area contributed by atoms with Gasteiger partial charge in [0.1, 0.15) is 0 Å². The first-order chi connectivity index (χ1) is 4.74. The number of rotatable bonds is 1. The van der Waals surface area contributed by atoms with Gasteiger partial charge in [-0.05, 0) is 18.5 Å². The van der Waals surface area contributed by atoms with Crippen LogP contribution in [0.15, 0.2) is 11.2 Å². The summed E-state index contributed by atoms with van der Waals surface area (Å²) in [7, 11) is 0. The summed E-state index contributed by atoms with van der Waals surface area (Å²) in [6.45, 7) is 0. The molecule has 0 bridgehead atoms. The van der Waals surface area contributed by atoms with E-state index in [9.17, 15) is 4.79 Å². The highest BCUT2D eigenvalue weighted by Gasteiger charge is 2.22. The SMILES string of the molecule is CS/C=C1\OC(=S)NC1=O. The molecule has 0 atom stereocenters. The summed E-state index contributed by atoms with van der Waals surface area (Å²) in [5.41, 5.74) is 0. The largest absolute Gasteiger partial charge is 0.425 e. The number of thioether (sulfide) groups is 1. The maximum atomic E-state index is 10.8. The maximum Gasteiger partial charge on any atom is 0.295 e. The van der Waals surface area contributed by atoms with Crippen molar-refractivity contribution in [2.75, 3.05) is 6.26 Å². The summed E-state index contributed by atoms with van der Waals surface area (Å²) in [6.07, 6.45) is 1.84. The van der Waals surface area contributed by atoms with E-state index in [1.54, 1.807) is 5.41 Å². The zero-order valence-electron chi connectivity index (χ0n) is 5.21. The predicted octanol–water partition coefficient (Wildman–Crippen LogP) is 0.622. The van der Waals surface area contributed by atoms with Gasteiger partial charge in [-0.2, -0.15) is 0 Å². The fourth-order valence-electron chi connectivity index (χ4n) is 0.511. The monoisotopic (exact) mass is 175 g/mol. The Kier molecular flexibility index (Phi) is 2.29. The van der Waals surface area contributed by atoms with Crippen molar-refractivity contribution in [3.63, 3.8) is 0 Å². The van der Waals surface area contributed by atoms with Crippen molar-refractivity contribution >= 4 is 35.1 Å². The van der Waals surface area contributed by atoms with Crippen LogP contribution >= 0.6 is 24.0 Å². The van der Waals surface area contributed by atoms with Crippen LogP contribution in [-0.4, -0.2) is 17.3 Å². The molecule has 1 rings (SSSR count). The summed E-state index contributed by atoms with van der Waals surface area (Å²) >= 11 is 5.98. The van der Waals surface area contributed by atoms with E-state index in [1.807, 2.05) is 6.26 Å². The number of thiocarbonyl (C=S) groups is 1. The lowest BCUT2D eigenvalue weighted by Gasteiger charge is -1.88. The summed E-state index contributed by atoms with van der Waals surface area (Å²) in [5.74, 6) is 0.0110. The Morgan fingerprint density at radius 1 is 1.80 bits per heavy atom. The molecule has 0 aliphatic carbocycles. The van der Waals surface area contributed by atoms with Gasteiger partial charge < -0.3 is 4.74 Å². The lowest BCUT2D eigenvalue weighted by molar-refractivity contribution is -0.116. The molecule has 1 aliphatic heterocycles. The highest BCUT2D eigenvalue weighted by molar-refractivity contribution is 8.01. The number of carbonyl (C=O) groups is 1. The second-order valence-corrected chi connectivity index (χ2v) is 2.64. The minimum atomic E-state index is -0.264. The van der Waals surface area contributed by atoms with Gasteiger partial charge in [-0.3, -0.25) is 10.1 Å². The van der Waals surface area contributed by atoms with Crippen molar-refractivity contribution in [2.45, 2.75) is 0 Å². The Labute approximate surface area is 67.8 Å². The van der Waals surface area contributed by atoms with Gasteiger partial charge in [0, 0.05) is 5.41 Å². The van der Waals surface area contributed by atoms with Crippen molar-refractivity contribution in [2.24, 2.45) is 0 Å². The fraction of sp³-hybridized carbons (Fsp3) is 0.200. The normalized spacial score (nSPS) is 21.1. The topological polar surface area (TPSA) is 38.3 Å². The van der Waals surface area contributed by atoms with Gasteiger partial charge in [-0.1, -0.05) is 0 Å². The van der Waals surface area contributed by atoms with Gasteiger partial charge in [0.25, 0.3) is 11.1 Å². The Balaban J connectivity index is 2.72. The van der Waals surface area contributed by atoms with Crippen LogP contribution in [-0.2, 0) is 9.53 Å². The molecule has 0 aromatic heterocycles. The molecule has 1 amide bonds. The number of hydrogen-bond acceptors (Lipinski definition) is 4. The highest BCUT2D eigenvalue weighted by atomic mass is 32.2. The minimum absolute atomic E-state index is 0.130. The second kappa shape index (κ2) is 3.03. The molecular weight excluding hydrogens is 170 g/mol. The van der Waals surface area contributed by atoms with Gasteiger partial charge in [0.2, 0.25) is 5.76 Å². The van der Waals surface area contributed by atoms with Crippen LogP contribution in [0.5, 0.6) is 0 Å². The molecule has 1 aliphatic rings. The van der Waals surface area contributed by atoms with E-state index in [-0.39, 0.29) is 16.8 Å². The van der Waals surface area contributed by atoms with Crippen LogP contribution in [0.4, 0.5) is 0 Å². The Morgan fingerprint density at radius 2 is 2.50 bits per heavy atom. The summed E-state index contributed by atoms with van der Waals surface area (Å²) in [4.78, 5) is 10.8. The molecule has 0 saturated carbocycles. The average molecular weight is 175 g/mol.